The van der Waals surface area contributed by atoms with Crippen molar-refractivity contribution in [3.8, 4) is 11.5 Å². The minimum atomic E-state index is -1.32. The standard InChI is InChI=1S/2C20H24FN3O5.2ClH.H2O/c2*1-22-14-8-23(9-15(14)28-2)17-13(21)6-11-16(19(17)29-3)24(10-4-5-10)7-12(18(11)25)20(26)27;;;/h2*6-7,10,14-15,22H,4-5,8-9H2,1-3H3,(H,26,27);2*1H;1H2. The summed E-state index contributed by atoms with van der Waals surface area (Å²) < 4.78 is 56.3. The Morgan fingerprint density at radius 2 is 1.00 bits per heavy atom. The Balaban J connectivity index is 0.000000256. The van der Waals surface area contributed by atoms with Crippen LogP contribution in [0.5, 0.6) is 11.5 Å². The molecular weight excluding hydrogens is 849 g/mol. The molecular formula is C40H52Cl2F2N6O11. The Morgan fingerprint density at radius 1 is 0.656 bits per heavy atom. The third kappa shape index (κ3) is 8.82. The van der Waals surface area contributed by atoms with E-state index in [1.807, 2.05) is 23.9 Å². The predicted molar refractivity (Wildman–Crippen MR) is 230 cm³/mol. The molecule has 0 bridgehead atoms. The summed E-state index contributed by atoms with van der Waals surface area (Å²) in [5.74, 6) is -3.41. The quantitative estimate of drug-likeness (QED) is 0.161. The smallest absolute Gasteiger partial charge is 0.341 e. The van der Waals surface area contributed by atoms with Crippen LogP contribution >= 0.6 is 24.8 Å². The van der Waals surface area contributed by atoms with Crippen molar-refractivity contribution in [3.63, 3.8) is 0 Å². The van der Waals surface area contributed by atoms with Gasteiger partial charge in [-0.05, 0) is 51.9 Å². The van der Waals surface area contributed by atoms with Crippen LogP contribution in [0.3, 0.4) is 0 Å². The molecule has 2 aliphatic heterocycles. The third-order valence-electron chi connectivity index (χ3n) is 11.7. The molecule has 17 nitrogen and oxygen atoms in total. The van der Waals surface area contributed by atoms with Gasteiger partial charge in [0, 0.05) is 64.9 Å². The molecule has 6 N–H and O–H groups in total. The van der Waals surface area contributed by atoms with Crippen LogP contribution in [0.1, 0.15) is 58.5 Å². The number of aromatic nitrogens is 2. The zero-order valence-corrected chi connectivity index (χ0v) is 36.1. The number of aromatic carboxylic acids is 2. The molecule has 8 rings (SSSR count). The molecule has 21 heteroatoms. The van der Waals surface area contributed by atoms with Crippen molar-refractivity contribution in [2.75, 3.05) is 78.5 Å². The summed E-state index contributed by atoms with van der Waals surface area (Å²) in [6.45, 7) is 1.94. The maximum Gasteiger partial charge on any atom is 0.341 e. The Labute approximate surface area is 361 Å². The number of methoxy groups -OCH3 is 4. The van der Waals surface area contributed by atoms with E-state index in [0.29, 0.717) is 37.2 Å². The largest absolute Gasteiger partial charge is 0.492 e. The topological polar surface area (TPSA) is 218 Å². The molecule has 0 radical (unpaired) electrons. The van der Waals surface area contributed by atoms with Crippen LogP contribution in [-0.2, 0) is 9.47 Å². The number of benzene rings is 2. The fraction of sp³-hybridized carbons (Fsp3) is 0.500. The number of halogens is 4. The summed E-state index contributed by atoms with van der Waals surface area (Å²) in [5.41, 5.74) is -0.765. The lowest BCUT2D eigenvalue weighted by molar-refractivity contribution is 0.0684. The molecule has 4 atom stereocenters. The van der Waals surface area contributed by atoms with Gasteiger partial charge in [0.25, 0.3) is 0 Å². The Bertz CT molecular complexity index is 2220. The number of nitrogens with one attached hydrogen (secondary N) is 2. The normalized spacial score (nSPS) is 20.7. The molecule has 2 saturated heterocycles. The maximum absolute atomic E-state index is 15.3. The molecule has 2 aliphatic carbocycles. The molecule has 2 saturated carbocycles. The lowest BCUT2D eigenvalue weighted by Gasteiger charge is -2.24. The highest BCUT2D eigenvalue weighted by atomic mass is 35.5. The second kappa shape index (κ2) is 19.5. The number of carbonyl (C=O) groups is 2. The van der Waals surface area contributed by atoms with E-state index < -0.39 is 34.4 Å². The average molecular weight is 902 g/mol. The zero-order valence-electron chi connectivity index (χ0n) is 34.5. The Morgan fingerprint density at radius 3 is 1.25 bits per heavy atom. The number of hydrogen-bond acceptors (Lipinski definition) is 12. The van der Waals surface area contributed by atoms with Gasteiger partial charge in [0.15, 0.2) is 23.1 Å². The summed E-state index contributed by atoms with van der Waals surface area (Å²) in [6.07, 6.45) is 5.92. The number of hydrogen-bond donors (Lipinski definition) is 4. The van der Waals surface area contributed by atoms with E-state index in [-0.39, 0.29) is 111 Å². The first-order valence-corrected chi connectivity index (χ1v) is 19.1. The van der Waals surface area contributed by atoms with Crippen molar-refractivity contribution < 1.29 is 53.0 Å². The van der Waals surface area contributed by atoms with Gasteiger partial charge in [-0.2, -0.15) is 0 Å². The number of carboxylic acids is 2. The molecule has 336 valence electrons. The summed E-state index contributed by atoms with van der Waals surface area (Å²) in [4.78, 5) is 52.3. The molecule has 4 aliphatic rings. The van der Waals surface area contributed by atoms with E-state index in [9.17, 15) is 29.4 Å². The first-order valence-electron chi connectivity index (χ1n) is 19.1. The number of rotatable bonds is 12. The highest BCUT2D eigenvalue weighted by molar-refractivity contribution is 5.98. The van der Waals surface area contributed by atoms with Gasteiger partial charge in [-0.1, -0.05) is 0 Å². The van der Waals surface area contributed by atoms with E-state index in [2.05, 4.69) is 10.6 Å². The van der Waals surface area contributed by atoms with Crippen molar-refractivity contribution in [1.82, 2.24) is 19.8 Å². The number of nitrogens with zero attached hydrogens (tertiary/aromatic N) is 4. The van der Waals surface area contributed by atoms with Crippen molar-refractivity contribution in [3.05, 3.63) is 67.7 Å². The molecule has 4 heterocycles. The number of anilines is 2. The van der Waals surface area contributed by atoms with Crippen molar-refractivity contribution in [2.24, 2.45) is 0 Å². The molecule has 4 unspecified atom stereocenters. The van der Waals surface area contributed by atoms with E-state index in [4.69, 9.17) is 18.9 Å². The monoisotopic (exact) mass is 900 g/mol. The van der Waals surface area contributed by atoms with Crippen LogP contribution in [0.2, 0.25) is 0 Å². The second-order valence-corrected chi connectivity index (χ2v) is 15.1. The van der Waals surface area contributed by atoms with Gasteiger partial charge in [-0.25, -0.2) is 18.4 Å². The SMILES string of the molecule is CNC1CN(c2c(F)cc3c(=O)c(C(=O)O)cn(C4CC4)c3c2OC)CC1OC.CNC1CN(c2c(F)cc3c(=O)c(C(=O)O)cn(C4CC4)c3c2OC)CC1OC.Cl.Cl.O. The predicted octanol–water partition coefficient (Wildman–Crippen LogP) is 3.23. The summed E-state index contributed by atoms with van der Waals surface area (Å²) in [5, 5.41) is 25.2. The van der Waals surface area contributed by atoms with E-state index in [1.165, 1.54) is 26.6 Å². The number of pyridine rings is 2. The molecule has 4 fully saturated rings. The van der Waals surface area contributed by atoms with Gasteiger partial charge in [0.1, 0.15) is 22.5 Å². The van der Waals surface area contributed by atoms with Gasteiger partial charge in [0.05, 0.1) is 60.3 Å². The van der Waals surface area contributed by atoms with Crippen LogP contribution in [0.25, 0.3) is 21.8 Å². The van der Waals surface area contributed by atoms with Gasteiger partial charge in [-0.3, -0.25) is 9.59 Å². The van der Waals surface area contributed by atoms with Crippen LogP contribution in [0, 0.1) is 11.6 Å². The van der Waals surface area contributed by atoms with Gasteiger partial charge < -0.3 is 64.2 Å². The maximum atomic E-state index is 15.3. The van der Waals surface area contributed by atoms with Crippen LogP contribution in [0.4, 0.5) is 20.2 Å². The minimum absolute atomic E-state index is 0. The highest BCUT2D eigenvalue weighted by Gasteiger charge is 2.39. The first kappa shape index (κ1) is 48.9. The fourth-order valence-corrected chi connectivity index (χ4v) is 8.39. The van der Waals surface area contributed by atoms with Crippen molar-refractivity contribution in [2.45, 2.75) is 62.1 Å². The molecule has 0 spiro atoms. The van der Waals surface area contributed by atoms with Crippen molar-refractivity contribution in [1.29, 1.82) is 0 Å². The number of ether oxygens (including phenoxy) is 4. The molecule has 61 heavy (non-hydrogen) atoms. The average Bonchev–Trinajstić information content (AvgIpc) is 4.15. The van der Waals surface area contributed by atoms with Crippen LogP contribution < -0.4 is 40.8 Å². The van der Waals surface area contributed by atoms with Gasteiger partial charge in [0.2, 0.25) is 10.9 Å². The van der Waals surface area contributed by atoms with E-state index in [0.717, 1.165) is 37.8 Å². The fourth-order valence-electron chi connectivity index (χ4n) is 8.39. The number of fused-ring (bicyclic) bond motifs is 2. The first-order chi connectivity index (χ1) is 27.8. The lowest BCUT2D eigenvalue weighted by Crippen LogP contribution is -2.37. The number of carboxylic acid groups (broad SMARTS) is 2. The van der Waals surface area contributed by atoms with Crippen LogP contribution in [0.15, 0.2) is 34.1 Å². The summed E-state index contributed by atoms with van der Waals surface area (Å²) in [7, 11) is 9.75. The summed E-state index contributed by atoms with van der Waals surface area (Å²) >= 11 is 0. The second-order valence-electron chi connectivity index (χ2n) is 15.1. The Hall–Kier alpha value is -4.76. The third-order valence-corrected chi connectivity index (χ3v) is 11.7. The molecule has 0 amide bonds. The summed E-state index contributed by atoms with van der Waals surface area (Å²) in [6, 6.07) is 2.43. The Kier molecular flexibility index (Phi) is 15.7. The van der Waals surface area contributed by atoms with E-state index in [1.54, 1.807) is 23.4 Å². The highest BCUT2D eigenvalue weighted by Crippen LogP contribution is 2.46. The lowest BCUT2D eigenvalue weighted by atomic mass is 10.1. The van der Waals surface area contributed by atoms with Gasteiger partial charge in [-0.15, -0.1) is 24.8 Å². The van der Waals surface area contributed by atoms with E-state index >= 15 is 8.78 Å². The van der Waals surface area contributed by atoms with Crippen molar-refractivity contribution >= 4 is 69.9 Å². The van der Waals surface area contributed by atoms with Gasteiger partial charge >= 0.3 is 11.9 Å². The number of likely N-dealkylation sites (N-methyl/N-ethyl adjacent to an activating group) is 2. The minimum Gasteiger partial charge on any atom is -0.492 e. The molecule has 4 aromatic rings. The zero-order chi connectivity index (χ0) is 41.7. The molecule has 2 aromatic heterocycles. The van der Waals surface area contributed by atoms with Crippen LogP contribution in [-0.4, -0.2) is 130 Å². The molecule has 2 aromatic carbocycles.